The van der Waals surface area contributed by atoms with Crippen LogP contribution in [-0.2, 0) is 9.59 Å². The van der Waals surface area contributed by atoms with Crippen molar-refractivity contribution in [2.24, 2.45) is 50.7 Å². The average Bonchev–Trinajstić information content (AvgIpc) is 3.33. The lowest BCUT2D eigenvalue weighted by Gasteiger charge is -2.62. The number of Topliss-reactive ketones (excluding diaryl/α,β-unsaturated/α-hetero) is 1. The highest BCUT2D eigenvalue weighted by Crippen LogP contribution is 2.88. The van der Waals surface area contributed by atoms with Crippen molar-refractivity contribution in [3.8, 4) is 0 Å². The fraction of sp³-hybridized carbons (Fsp3) is 0.867. The highest BCUT2D eigenvalue weighted by molar-refractivity contribution is 5.86. The molecule has 5 rings (SSSR count). The number of hydrogen-bond donors (Lipinski definition) is 1. The van der Waals surface area contributed by atoms with E-state index in [0.717, 1.165) is 37.5 Å². The molecule has 5 aliphatic rings. The molecule has 0 bridgehead atoms. The summed E-state index contributed by atoms with van der Waals surface area (Å²) in [5, 5.41) is 9.17. The zero-order valence-corrected chi connectivity index (χ0v) is 21.9. The predicted octanol–water partition coefficient (Wildman–Crippen LogP) is 7.44. The highest BCUT2D eigenvalue weighted by atomic mass is 16.4. The summed E-state index contributed by atoms with van der Waals surface area (Å²) in [5.41, 5.74) is 2.14. The molecular formula is C30H46O3. The van der Waals surface area contributed by atoms with Gasteiger partial charge >= 0.3 is 5.97 Å². The maximum absolute atomic E-state index is 12.8. The van der Waals surface area contributed by atoms with Gasteiger partial charge in [-0.15, -0.1) is 0 Å². The fourth-order valence-electron chi connectivity index (χ4n) is 11.0. The third kappa shape index (κ3) is 2.86. The normalized spacial score (nSPS) is 48.8. The molecule has 33 heavy (non-hydrogen) atoms. The Balaban J connectivity index is 1.37. The molecule has 2 spiro atoms. The monoisotopic (exact) mass is 454 g/mol. The Morgan fingerprint density at radius 2 is 1.67 bits per heavy atom. The van der Waals surface area contributed by atoms with Crippen LogP contribution in [0, 0.1) is 50.7 Å². The minimum atomic E-state index is -0.790. The Kier molecular flexibility index (Phi) is 5.15. The zero-order valence-electron chi connectivity index (χ0n) is 21.9. The van der Waals surface area contributed by atoms with Gasteiger partial charge in [0.15, 0.2) is 0 Å². The molecule has 5 fully saturated rings. The van der Waals surface area contributed by atoms with Gasteiger partial charge in [-0.3, -0.25) is 4.79 Å². The number of carboxylic acid groups (broad SMARTS) is 1. The lowest BCUT2D eigenvalue weighted by Crippen LogP contribution is -2.57. The smallest absolute Gasteiger partial charge is 0.330 e. The maximum Gasteiger partial charge on any atom is 0.330 e. The zero-order chi connectivity index (χ0) is 24.0. The molecule has 0 saturated heterocycles. The van der Waals surface area contributed by atoms with Crippen molar-refractivity contribution in [2.45, 2.75) is 112 Å². The summed E-state index contributed by atoms with van der Waals surface area (Å²) < 4.78 is 0. The summed E-state index contributed by atoms with van der Waals surface area (Å²) >= 11 is 0. The van der Waals surface area contributed by atoms with Crippen LogP contribution in [0.25, 0.3) is 0 Å². The number of carbonyl (C=O) groups excluding carboxylic acids is 1. The van der Waals surface area contributed by atoms with E-state index >= 15 is 0 Å². The highest BCUT2D eigenvalue weighted by Gasteiger charge is 2.82. The molecule has 0 radical (unpaired) electrons. The van der Waals surface area contributed by atoms with Crippen LogP contribution in [0.5, 0.6) is 0 Å². The van der Waals surface area contributed by atoms with Crippen molar-refractivity contribution in [1.82, 2.24) is 0 Å². The van der Waals surface area contributed by atoms with E-state index in [9.17, 15) is 9.59 Å². The van der Waals surface area contributed by atoms with Crippen molar-refractivity contribution in [2.75, 3.05) is 0 Å². The third-order valence-electron chi connectivity index (χ3n) is 13.0. The molecule has 8 atom stereocenters. The van der Waals surface area contributed by atoms with Crippen molar-refractivity contribution in [3.63, 3.8) is 0 Å². The van der Waals surface area contributed by atoms with Crippen molar-refractivity contribution >= 4 is 11.8 Å². The standard InChI is InChI=1S/C30H46O3/c1-19(8-7-9-20(2)25(32)33)21-12-14-28(6)23-11-10-22-26(3,4)24(31)13-15-29(22)18-30(23,29)17-16-27(21,28)5/h9,19,21-23H,7-8,10-18H2,1-6H3,(H,32,33)/b20-9-/t19-,21-,22-,23+,27-,28+,29-,30+/m1/s1. The van der Waals surface area contributed by atoms with E-state index in [1.165, 1.54) is 44.9 Å². The molecule has 0 aromatic rings. The molecule has 0 amide bonds. The van der Waals surface area contributed by atoms with E-state index in [1.54, 1.807) is 6.92 Å². The first kappa shape index (κ1) is 23.6. The lowest BCUT2D eigenvalue weighted by molar-refractivity contribution is -0.157. The van der Waals surface area contributed by atoms with Crippen LogP contribution in [-0.4, -0.2) is 16.9 Å². The molecule has 0 aromatic heterocycles. The minimum Gasteiger partial charge on any atom is -0.478 e. The van der Waals surface area contributed by atoms with Crippen LogP contribution in [0.4, 0.5) is 0 Å². The first-order chi connectivity index (χ1) is 15.4. The van der Waals surface area contributed by atoms with E-state index in [4.69, 9.17) is 5.11 Å². The van der Waals surface area contributed by atoms with Gasteiger partial charge < -0.3 is 5.11 Å². The second kappa shape index (κ2) is 7.20. The SMILES string of the molecule is C/C(=C/CC[C@@H](C)[C@H]1CC[C@@]2(C)[C@@H]3CC[C@@H]4C(C)(C)C(=O)CC[C@@]45C[C@@]35CC[C@]12C)C(=O)O. The van der Waals surface area contributed by atoms with Gasteiger partial charge in [0.1, 0.15) is 5.78 Å². The molecule has 0 heterocycles. The molecule has 0 aromatic carbocycles. The Morgan fingerprint density at radius 1 is 1.00 bits per heavy atom. The van der Waals surface area contributed by atoms with E-state index in [0.29, 0.717) is 44.9 Å². The van der Waals surface area contributed by atoms with Crippen molar-refractivity contribution in [3.05, 3.63) is 11.6 Å². The summed E-state index contributed by atoms with van der Waals surface area (Å²) in [7, 11) is 0. The molecule has 0 aliphatic heterocycles. The van der Waals surface area contributed by atoms with Gasteiger partial charge in [0, 0.05) is 17.4 Å². The molecule has 5 saturated carbocycles. The van der Waals surface area contributed by atoms with E-state index in [1.807, 2.05) is 6.08 Å². The summed E-state index contributed by atoms with van der Waals surface area (Å²) in [4.78, 5) is 24.0. The van der Waals surface area contributed by atoms with Crippen molar-refractivity contribution < 1.29 is 14.7 Å². The van der Waals surface area contributed by atoms with Gasteiger partial charge in [-0.25, -0.2) is 4.79 Å². The Bertz CT molecular complexity index is 900. The van der Waals surface area contributed by atoms with Gasteiger partial charge in [-0.2, -0.15) is 0 Å². The molecule has 0 unspecified atom stereocenters. The second-order valence-electron chi connectivity index (χ2n) is 14.0. The maximum atomic E-state index is 12.8. The molecular weight excluding hydrogens is 408 g/mol. The number of fused-ring (bicyclic) bond motifs is 2. The van der Waals surface area contributed by atoms with Gasteiger partial charge in [0.2, 0.25) is 0 Å². The lowest BCUT2D eigenvalue weighted by atomic mass is 9.42. The quantitative estimate of drug-likeness (QED) is 0.439. The van der Waals surface area contributed by atoms with Crippen LogP contribution in [0.15, 0.2) is 11.6 Å². The van der Waals surface area contributed by atoms with Crippen LogP contribution in [0.1, 0.15) is 112 Å². The van der Waals surface area contributed by atoms with Crippen LogP contribution in [0.3, 0.4) is 0 Å². The Labute approximate surface area is 201 Å². The fourth-order valence-corrected chi connectivity index (χ4v) is 11.0. The van der Waals surface area contributed by atoms with Crippen LogP contribution >= 0.6 is 0 Å². The Hall–Kier alpha value is -1.12. The van der Waals surface area contributed by atoms with E-state index < -0.39 is 5.97 Å². The topological polar surface area (TPSA) is 54.4 Å². The average molecular weight is 455 g/mol. The van der Waals surface area contributed by atoms with Gasteiger partial charge in [0.05, 0.1) is 0 Å². The first-order valence-corrected chi connectivity index (χ1v) is 13.8. The molecule has 3 nitrogen and oxygen atoms in total. The predicted molar refractivity (Wildman–Crippen MR) is 132 cm³/mol. The molecule has 5 aliphatic carbocycles. The number of ketones is 1. The van der Waals surface area contributed by atoms with Crippen LogP contribution < -0.4 is 0 Å². The summed E-state index contributed by atoms with van der Waals surface area (Å²) in [5.74, 6) is 2.55. The largest absolute Gasteiger partial charge is 0.478 e. The molecule has 1 N–H and O–H groups in total. The van der Waals surface area contributed by atoms with Gasteiger partial charge in [-0.05, 0) is 116 Å². The number of rotatable bonds is 5. The van der Waals surface area contributed by atoms with Gasteiger partial charge in [-0.1, -0.05) is 40.7 Å². The number of carboxylic acids is 1. The molecule has 3 heteroatoms. The van der Waals surface area contributed by atoms with Crippen molar-refractivity contribution in [1.29, 1.82) is 0 Å². The number of aliphatic carboxylic acids is 1. The first-order valence-electron chi connectivity index (χ1n) is 13.8. The summed E-state index contributed by atoms with van der Waals surface area (Å²) in [6, 6.07) is 0. The number of hydrogen-bond acceptors (Lipinski definition) is 2. The number of allylic oxidation sites excluding steroid dienone is 1. The minimum absolute atomic E-state index is 0.122. The summed E-state index contributed by atoms with van der Waals surface area (Å²) in [6.45, 7) is 13.9. The molecule has 184 valence electrons. The summed E-state index contributed by atoms with van der Waals surface area (Å²) in [6.07, 6.45) is 15.3. The third-order valence-corrected chi connectivity index (χ3v) is 13.0. The van der Waals surface area contributed by atoms with Gasteiger partial charge in [0.25, 0.3) is 0 Å². The van der Waals surface area contributed by atoms with E-state index in [2.05, 4.69) is 34.6 Å². The number of carbonyl (C=O) groups is 2. The van der Waals surface area contributed by atoms with E-state index in [-0.39, 0.29) is 5.41 Å². The second-order valence-corrected chi connectivity index (χ2v) is 14.0. The van der Waals surface area contributed by atoms with Crippen LogP contribution in [0.2, 0.25) is 0 Å². The Morgan fingerprint density at radius 3 is 2.36 bits per heavy atom.